The number of aliphatic hydroxyl groups is 1. The number of methoxy groups -OCH3 is 1. The summed E-state index contributed by atoms with van der Waals surface area (Å²) in [7, 11) is -2.86. The van der Waals surface area contributed by atoms with Crippen molar-refractivity contribution in [2.75, 3.05) is 7.11 Å². The van der Waals surface area contributed by atoms with Crippen LogP contribution < -0.4 is 21.1 Å². The summed E-state index contributed by atoms with van der Waals surface area (Å²) in [5, 5.41) is 13.6. The highest BCUT2D eigenvalue weighted by Crippen LogP contribution is 2.63. The molecule has 13 nitrogen and oxygen atoms in total. The molecule has 2 fully saturated rings. The second-order valence-electron chi connectivity index (χ2n) is 11.4. The lowest BCUT2D eigenvalue weighted by molar-refractivity contribution is -0.149. The SMILES string of the molecule is C/C=C(\C=C/Cc1ccc(OC)cc1)OP(=O)(N[C@@H](C)C(=O)OC(C)C)O[C@H]1CC12O[C@@H](n1ccc(=O)[nH]c1=O)[C@](C)(F)[C@@H]2O. The van der Waals surface area contributed by atoms with E-state index in [1.54, 1.807) is 46.1 Å². The van der Waals surface area contributed by atoms with Crippen LogP contribution in [0.4, 0.5) is 4.39 Å². The molecular weight excluding hydrogens is 612 g/mol. The van der Waals surface area contributed by atoms with Crippen molar-refractivity contribution in [2.24, 2.45) is 0 Å². The maximum Gasteiger partial charge on any atom is 0.459 e. The number of rotatable bonds is 13. The normalized spacial score (nSPS) is 28.3. The summed E-state index contributed by atoms with van der Waals surface area (Å²) in [6.45, 7) is 7.44. The molecule has 2 aliphatic rings. The third kappa shape index (κ3) is 7.64. The van der Waals surface area contributed by atoms with Crippen molar-refractivity contribution in [1.29, 1.82) is 0 Å². The van der Waals surface area contributed by atoms with Crippen LogP contribution in [0.25, 0.3) is 0 Å². The standard InChI is InChI=1S/C30H39FN3O10P/c1-7-21(10-8-9-20-11-13-22(40-6)14-12-20)43-45(39,33-19(4)25(36)41-18(2)3)44-23-17-30(23)26(37)29(5,31)27(42-30)34-16-15-24(35)32-28(34)38/h7-8,10-16,18-19,23,26-27,37H,9,17H2,1-6H3,(H,33,39)(H,32,35,38)/b10-8-,21-7+/t19-,23-,26-,27+,29+,30?,45?/m0/s1. The van der Waals surface area contributed by atoms with E-state index < -0.39 is 66.8 Å². The first kappa shape index (κ1) is 34.3. The number of hydrogen-bond donors (Lipinski definition) is 3. The molecule has 1 saturated heterocycles. The van der Waals surface area contributed by atoms with Gasteiger partial charge in [-0.2, -0.15) is 5.09 Å². The highest BCUT2D eigenvalue weighted by molar-refractivity contribution is 7.51. The van der Waals surface area contributed by atoms with E-state index >= 15 is 4.39 Å². The quantitative estimate of drug-likeness (QED) is 0.126. The Balaban J connectivity index is 1.55. The van der Waals surface area contributed by atoms with Gasteiger partial charge in [0.2, 0.25) is 0 Å². The van der Waals surface area contributed by atoms with Gasteiger partial charge in [0, 0.05) is 18.7 Å². The van der Waals surface area contributed by atoms with Gasteiger partial charge < -0.3 is 23.8 Å². The van der Waals surface area contributed by atoms with E-state index in [0.717, 1.165) is 29.3 Å². The number of alkyl halides is 1. The van der Waals surface area contributed by atoms with Gasteiger partial charge in [-0.25, -0.2) is 13.8 Å². The molecular formula is C30H39FN3O10P. The highest BCUT2D eigenvalue weighted by Gasteiger charge is 2.76. The number of esters is 1. The van der Waals surface area contributed by atoms with Crippen LogP contribution in [0.1, 0.15) is 52.8 Å². The number of aromatic nitrogens is 2. The number of nitrogens with one attached hydrogen (secondary N) is 2. The fourth-order valence-electron chi connectivity index (χ4n) is 4.97. The predicted octanol–water partition coefficient (Wildman–Crippen LogP) is 3.45. The van der Waals surface area contributed by atoms with E-state index in [4.69, 9.17) is 23.3 Å². The van der Waals surface area contributed by atoms with Gasteiger partial charge in [0.05, 0.1) is 13.2 Å². The number of carbonyl (C=O) groups excluding carboxylic acids is 1. The van der Waals surface area contributed by atoms with E-state index in [9.17, 15) is 24.1 Å². The molecule has 1 saturated carbocycles. The molecule has 1 aliphatic carbocycles. The number of benzene rings is 1. The number of aliphatic hydroxyl groups excluding tert-OH is 1. The molecule has 1 aromatic heterocycles. The zero-order chi connectivity index (χ0) is 33.2. The van der Waals surface area contributed by atoms with Gasteiger partial charge in [-0.05, 0) is 70.9 Å². The van der Waals surface area contributed by atoms with Crippen molar-refractivity contribution in [1.82, 2.24) is 14.6 Å². The average Bonchev–Trinajstić information content (AvgIpc) is 3.61. The lowest BCUT2D eigenvalue weighted by Gasteiger charge is -2.25. The van der Waals surface area contributed by atoms with Crippen molar-refractivity contribution in [3.05, 3.63) is 86.9 Å². The van der Waals surface area contributed by atoms with Crippen LogP contribution in [-0.2, 0) is 34.3 Å². The summed E-state index contributed by atoms with van der Waals surface area (Å²) in [4.78, 5) is 38.5. The van der Waals surface area contributed by atoms with Crippen LogP contribution >= 0.6 is 7.75 Å². The van der Waals surface area contributed by atoms with Crippen molar-refractivity contribution in [3.63, 3.8) is 0 Å². The molecule has 7 atom stereocenters. The summed E-state index contributed by atoms with van der Waals surface area (Å²) in [5.74, 6) is 0.138. The smallest absolute Gasteiger partial charge is 0.459 e. The van der Waals surface area contributed by atoms with E-state index in [1.165, 1.54) is 6.92 Å². The van der Waals surface area contributed by atoms with Crippen LogP contribution in [0.2, 0.25) is 0 Å². The first-order valence-corrected chi connectivity index (χ1v) is 16.0. The molecule has 246 valence electrons. The largest absolute Gasteiger partial charge is 0.497 e. The third-order valence-electron chi connectivity index (χ3n) is 7.43. The van der Waals surface area contributed by atoms with Crippen LogP contribution in [0, 0.1) is 0 Å². The fourth-order valence-corrected chi connectivity index (χ4v) is 6.74. The van der Waals surface area contributed by atoms with Crippen molar-refractivity contribution >= 4 is 13.7 Å². The van der Waals surface area contributed by atoms with Crippen LogP contribution in [0.15, 0.2) is 70.1 Å². The number of carbonyl (C=O) groups is 1. The van der Waals surface area contributed by atoms with Crippen LogP contribution in [0.3, 0.4) is 0 Å². The molecule has 1 aliphatic heterocycles. The molecule has 15 heteroatoms. The molecule has 1 aromatic carbocycles. The summed E-state index contributed by atoms with van der Waals surface area (Å²) >= 11 is 0. The Bertz CT molecular complexity index is 1600. The summed E-state index contributed by atoms with van der Waals surface area (Å²) in [6.07, 6.45) is 1.29. The van der Waals surface area contributed by atoms with Gasteiger partial charge in [-0.3, -0.25) is 23.7 Å². The van der Waals surface area contributed by atoms with E-state index in [0.29, 0.717) is 12.2 Å². The minimum atomic E-state index is -4.43. The Labute approximate surface area is 259 Å². The highest BCUT2D eigenvalue weighted by atomic mass is 31.2. The molecule has 1 spiro atoms. The minimum absolute atomic E-state index is 0.111. The lowest BCUT2D eigenvalue weighted by atomic mass is 9.97. The summed E-state index contributed by atoms with van der Waals surface area (Å²) in [5.41, 5.74) is -4.86. The predicted molar refractivity (Wildman–Crippen MR) is 161 cm³/mol. The summed E-state index contributed by atoms with van der Waals surface area (Å²) < 4.78 is 58.9. The molecule has 0 bridgehead atoms. The maximum atomic E-state index is 15.9. The molecule has 45 heavy (non-hydrogen) atoms. The summed E-state index contributed by atoms with van der Waals surface area (Å²) in [6, 6.07) is 7.30. The Kier molecular flexibility index (Phi) is 10.2. The Morgan fingerprint density at radius 1 is 1.27 bits per heavy atom. The van der Waals surface area contributed by atoms with Gasteiger partial charge in [0.25, 0.3) is 5.56 Å². The topological polar surface area (TPSA) is 167 Å². The maximum absolute atomic E-state index is 15.9. The van der Waals surface area contributed by atoms with E-state index in [-0.39, 0.29) is 12.2 Å². The molecule has 4 rings (SSSR count). The molecule has 2 heterocycles. The first-order chi connectivity index (χ1) is 21.1. The molecule has 0 amide bonds. The Hall–Kier alpha value is -3.55. The van der Waals surface area contributed by atoms with Gasteiger partial charge in [0.15, 0.2) is 11.9 Å². The minimum Gasteiger partial charge on any atom is -0.497 e. The number of hydrogen-bond acceptors (Lipinski definition) is 10. The third-order valence-corrected chi connectivity index (χ3v) is 9.12. The van der Waals surface area contributed by atoms with Crippen LogP contribution in [0.5, 0.6) is 5.75 Å². The fraction of sp³-hybridized carbons (Fsp3) is 0.500. The molecule has 0 radical (unpaired) electrons. The number of nitrogens with zero attached hydrogens (tertiary/aromatic N) is 1. The molecule has 2 unspecified atom stereocenters. The molecule has 3 N–H and O–H groups in total. The van der Waals surface area contributed by atoms with Gasteiger partial charge in [-0.15, -0.1) is 0 Å². The number of allylic oxidation sites excluding steroid dienone is 3. The monoisotopic (exact) mass is 651 g/mol. The average molecular weight is 652 g/mol. The van der Waals surface area contributed by atoms with Gasteiger partial charge in [0.1, 0.15) is 35.4 Å². The number of ether oxygens (including phenoxy) is 3. The van der Waals surface area contributed by atoms with E-state index in [1.807, 2.05) is 29.2 Å². The van der Waals surface area contributed by atoms with Crippen LogP contribution in [-0.4, -0.2) is 63.4 Å². The van der Waals surface area contributed by atoms with Gasteiger partial charge >= 0.3 is 19.4 Å². The lowest BCUT2D eigenvalue weighted by Crippen LogP contribution is -2.44. The first-order valence-electron chi connectivity index (χ1n) is 14.4. The zero-order valence-electron chi connectivity index (χ0n) is 25.9. The number of aromatic amines is 1. The zero-order valence-corrected chi connectivity index (χ0v) is 26.8. The van der Waals surface area contributed by atoms with Crippen molar-refractivity contribution in [3.8, 4) is 5.75 Å². The van der Waals surface area contributed by atoms with E-state index in [2.05, 4.69) is 5.09 Å². The number of H-pyrrole nitrogens is 1. The van der Waals surface area contributed by atoms with Crippen molar-refractivity contribution < 1.29 is 42.1 Å². The van der Waals surface area contributed by atoms with Crippen molar-refractivity contribution in [2.45, 2.75) is 89.3 Å². The second-order valence-corrected chi connectivity index (χ2v) is 13.0. The number of halogens is 1. The molecule has 2 aromatic rings. The Morgan fingerprint density at radius 3 is 2.56 bits per heavy atom. The Morgan fingerprint density at radius 2 is 1.96 bits per heavy atom. The second kappa shape index (κ2) is 13.4. The van der Waals surface area contributed by atoms with Gasteiger partial charge in [-0.1, -0.05) is 18.2 Å².